The highest BCUT2D eigenvalue weighted by atomic mass is 35.5. The summed E-state index contributed by atoms with van der Waals surface area (Å²) in [6, 6.07) is 2.08. The van der Waals surface area contributed by atoms with Gasteiger partial charge in [0, 0.05) is 10.6 Å². The molecular weight excluding hydrogens is 312 g/mol. The summed E-state index contributed by atoms with van der Waals surface area (Å²) < 4.78 is 0. The molecule has 2 rings (SSSR count). The van der Waals surface area contributed by atoms with Crippen molar-refractivity contribution >= 4 is 29.4 Å². The number of carbonyl (C=O) groups excluding carboxylic acids is 1. The van der Waals surface area contributed by atoms with Crippen LogP contribution in [-0.4, -0.2) is 39.0 Å². The Balaban J connectivity index is 2.58. The van der Waals surface area contributed by atoms with Gasteiger partial charge in [-0.25, -0.2) is 4.79 Å². The van der Waals surface area contributed by atoms with E-state index in [4.69, 9.17) is 16.7 Å². The van der Waals surface area contributed by atoms with Gasteiger partial charge < -0.3 is 15.1 Å². The number of aliphatic carboxylic acids is 2. The number of carboxylic acid groups (broad SMARTS) is 2. The molecule has 7 nitrogen and oxygen atoms in total. The number of rotatable bonds is 4. The summed E-state index contributed by atoms with van der Waals surface area (Å²) in [5, 5.41) is 27.7. The first-order valence-corrected chi connectivity index (χ1v) is 6.63. The fraction of sp³-hybridized carbons (Fsp3) is 0.286. The van der Waals surface area contributed by atoms with Gasteiger partial charge in [0.1, 0.15) is 12.1 Å². The number of carboxylic acids is 2. The quantitative estimate of drug-likeness (QED) is 0.869. The number of nitrogens with zero attached hydrogens (tertiary/aromatic N) is 2. The van der Waals surface area contributed by atoms with Gasteiger partial charge in [-0.1, -0.05) is 17.7 Å². The molecule has 8 heteroatoms. The molecule has 0 bridgehead atoms. The first kappa shape index (κ1) is 15.8. The molecule has 22 heavy (non-hydrogen) atoms. The normalized spacial score (nSPS) is 17.8. The van der Waals surface area contributed by atoms with Gasteiger partial charge in [0.05, 0.1) is 18.1 Å². The molecule has 0 saturated heterocycles. The lowest BCUT2D eigenvalue weighted by Crippen LogP contribution is -2.44. The van der Waals surface area contributed by atoms with E-state index in [0.29, 0.717) is 16.1 Å². The number of hydrogen-bond acceptors (Lipinski definition) is 4. The highest BCUT2D eigenvalue weighted by Gasteiger charge is 2.45. The average molecular weight is 323 g/mol. The fourth-order valence-electron chi connectivity index (χ4n) is 2.54. The second-order valence-electron chi connectivity index (χ2n) is 4.83. The molecule has 1 heterocycles. The van der Waals surface area contributed by atoms with Gasteiger partial charge in [-0.2, -0.15) is 5.26 Å². The molecule has 114 valence electrons. The first-order chi connectivity index (χ1) is 10.3. The fourth-order valence-corrected chi connectivity index (χ4v) is 2.70. The third-order valence-corrected chi connectivity index (χ3v) is 3.97. The number of halogens is 1. The molecule has 0 saturated carbocycles. The molecule has 1 aliphatic rings. The van der Waals surface area contributed by atoms with Crippen LogP contribution in [0.3, 0.4) is 0 Å². The molecule has 1 amide bonds. The summed E-state index contributed by atoms with van der Waals surface area (Å²) in [5.41, 5.74) is 0.938. The minimum absolute atomic E-state index is 0.163. The Kier molecular flexibility index (Phi) is 4.06. The summed E-state index contributed by atoms with van der Waals surface area (Å²) in [5.74, 6) is -3.55. The van der Waals surface area contributed by atoms with Crippen LogP contribution in [0.5, 0.6) is 0 Å². The van der Waals surface area contributed by atoms with Crippen LogP contribution in [0, 0.1) is 18.3 Å². The molecular formula is C14H11ClN2O5. The van der Waals surface area contributed by atoms with Crippen LogP contribution in [0.1, 0.15) is 33.9 Å². The minimum atomic E-state index is -1.62. The predicted molar refractivity (Wildman–Crippen MR) is 74.4 cm³/mol. The Morgan fingerprint density at radius 3 is 2.59 bits per heavy atom. The summed E-state index contributed by atoms with van der Waals surface area (Å²) in [7, 11) is 0. The van der Waals surface area contributed by atoms with Crippen molar-refractivity contribution in [2.75, 3.05) is 0 Å². The maximum Gasteiger partial charge on any atom is 0.327 e. The van der Waals surface area contributed by atoms with Gasteiger partial charge in [0.15, 0.2) is 0 Å². The van der Waals surface area contributed by atoms with Crippen molar-refractivity contribution in [3.05, 3.63) is 33.8 Å². The molecule has 0 fully saturated rings. The molecule has 1 aromatic rings. The number of amides is 1. The van der Waals surface area contributed by atoms with Crippen LogP contribution >= 0.6 is 11.6 Å². The molecule has 1 aromatic carbocycles. The van der Waals surface area contributed by atoms with Crippen molar-refractivity contribution in [3.63, 3.8) is 0 Å². The van der Waals surface area contributed by atoms with Crippen LogP contribution in [0.4, 0.5) is 0 Å². The van der Waals surface area contributed by atoms with Gasteiger partial charge in [-0.05, 0) is 18.6 Å². The summed E-state index contributed by atoms with van der Waals surface area (Å²) >= 11 is 5.96. The molecule has 1 aliphatic heterocycles. The third-order valence-electron chi connectivity index (χ3n) is 3.56. The molecule has 2 N–H and O–H groups in total. The Morgan fingerprint density at radius 1 is 1.45 bits per heavy atom. The summed E-state index contributed by atoms with van der Waals surface area (Å²) in [4.78, 5) is 35.5. The number of benzene rings is 1. The van der Waals surface area contributed by atoms with Gasteiger partial charge in [-0.15, -0.1) is 0 Å². The third kappa shape index (κ3) is 2.38. The van der Waals surface area contributed by atoms with Crippen molar-refractivity contribution in [1.82, 2.24) is 4.90 Å². The van der Waals surface area contributed by atoms with Gasteiger partial charge in [-0.3, -0.25) is 9.59 Å². The van der Waals surface area contributed by atoms with E-state index in [1.165, 1.54) is 12.1 Å². The number of fused-ring (bicyclic) bond motifs is 1. The number of nitriles is 1. The number of hydrogen-bond donors (Lipinski definition) is 2. The van der Waals surface area contributed by atoms with E-state index in [9.17, 15) is 24.8 Å². The van der Waals surface area contributed by atoms with E-state index in [0.717, 1.165) is 4.90 Å². The second kappa shape index (κ2) is 5.66. The molecule has 0 spiro atoms. The van der Waals surface area contributed by atoms with Crippen LogP contribution in [0.25, 0.3) is 0 Å². The van der Waals surface area contributed by atoms with E-state index < -0.39 is 36.4 Å². The van der Waals surface area contributed by atoms with Crippen LogP contribution in [0.15, 0.2) is 12.1 Å². The van der Waals surface area contributed by atoms with E-state index in [2.05, 4.69) is 0 Å². The summed E-state index contributed by atoms with van der Waals surface area (Å²) in [6.45, 7) is 1.59. The minimum Gasteiger partial charge on any atom is -0.481 e. The van der Waals surface area contributed by atoms with E-state index in [1.54, 1.807) is 6.92 Å². The molecule has 0 aliphatic carbocycles. The zero-order valence-corrected chi connectivity index (χ0v) is 12.2. The summed E-state index contributed by atoms with van der Waals surface area (Å²) in [6.07, 6.45) is -0.792. The maximum absolute atomic E-state index is 12.5. The van der Waals surface area contributed by atoms with E-state index >= 15 is 0 Å². The van der Waals surface area contributed by atoms with Crippen LogP contribution in [-0.2, 0) is 9.59 Å². The Bertz CT molecular complexity index is 725. The Labute approximate surface area is 130 Å². The van der Waals surface area contributed by atoms with E-state index in [-0.39, 0.29) is 5.56 Å². The Morgan fingerprint density at radius 2 is 2.09 bits per heavy atom. The largest absolute Gasteiger partial charge is 0.481 e. The lowest BCUT2D eigenvalue weighted by atomic mass is 10.0. The monoisotopic (exact) mass is 322 g/mol. The van der Waals surface area contributed by atoms with Gasteiger partial charge >= 0.3 is 11.9 Å². The zero-order valence-electron chi connectivity index (χ0n) is 11.4. The van der Waals surface area contributed by atoms with Gasteiger partial charge in [0.2, 0.25) is 0 Å². The van der Waals surface area contributed by atoms with Crippen molar-refractivity contribution in [1.29, 1.82) is 5.26 Å². The van der Waals surface area contributed by atoms with Crippen LogP contribution in [0.2, 0.25) is 5.02 Å². The average Bonchev–Trinajstić information content (AvgIpc) is 2.72. The van der Waals surface area contributed by atoms with Crippen molar-refractivity contribution in [2.45, 2.75) is 25.4 Å². The maximum atomic E-state index is 12.5. The first-order valence-electron chi connectivity index (χ1n) is 6.25. The smallest absolute Gasteiger partial charge is 0.327 e. The van der Waals surface area contributed by atoms with Crippen molar-refractivity contribution in [2.24, 2.45) is 0 Å². The molecule has 2 unspecified atom stereocenters. The van der Waals surface area contributed by atoms with E-state index in [1.807, 2.05) is 6.07 Å². The van der Waals surface area contributed by atoms with Gasteiger partial charge in [0.25, 0.3) is 5.91 Å². The molecule has 0 radical (unpaired) electrons. The zero-order chi connectivity index (χ0) is 16.6. The highest BCUT2D eigenvalue weighted by Crippen LogP contribution is 2.39. The lowest BCUT2D eigenvalue weighted by molar-refractivity contribution is -0.149. The highest BCUT2D eigenvalue weighted by molar-refractivity contribution is 6.32. The lowest BCUT2D eigenvalue weighted by Gasteiger charge is -2.26. The SMILES string of the molecule is Cc1c(Cl)ccc2c1C(=O)N(C(CC(=O)O)C(=O)O)C2C#N. The van der Waals surface area contributed by atoms with Crippen molar-refractivity contribution < 1.29 is 24.6 Å². The van der Waals surface area contributed by atoms with Crippen LogP contribution < -0.4 is 0 Å². The predicted octanol–water partition coefficient (Wildman–Crippen LogP) is 1.60. The Hall–Kier alpha value is -2.59. The number of carbonyl (C=O) groups is 3. The second-order valence-corrected chi connectivity index (χ2v) is 5.24. The van der Waals surface area contributed by atoms with Crippen molar-refractivity contribution in [3.8, 4) is 6.07 Å². The molecule has 0 aromatic heterocycles. The topological polar surface area (TPSA) is 119 Å². The molecule has 2 atom stereocenters. The standard InChI is InChI=1S/C14H11ClN2O5/c1-6-8(15)3-2-7-10(5-16)17(13(20)12(6)7)9(14(21)22)4-11(18)19/h2-3,9-10H,4H2,1H3,(H,18,19)(H,21,22).